The van der Waals surface area contributed by atoms with Gasteiger partial charge >= 0.3 is 12.3 Å². The lowest BCUT2D eigenvalue weighted by Crippen LogP contribution is -2.40. The number of benzene rings is 1. The molecule has 2 amide bonds. The molecule has 13 heteroatoms. The fraction of sp³-hybridized carbons (Fsp3) is 0.458. The minimum atomic E-state index is -4.86. The first kappa shape index (κ1) is 28.2. The third kappa shape index (κ3) is 7.78. The van der Waals surface area contributed by atoms with E-state index in [1.165, 1.54) is 20.1 Å². The summed E-state index contributed by atoms with van der Waals surface area (Å²) in [6.07, 6.45) is -3.02. The number of ether oxygens (including phenoxy) is 2. The number of aliphatic imine (C=N–C) groups is 1. The minimum Gasteiger partial charge on any atom is -0.495 e. The normalized spacial score (nSPS) is 18.2. The van der Waals surface area contributed by atoms with Gasteiger partial charge in [0.2, 0.25) is 11.7 Å². The molecule has 2 aromatic rings. The lowest BCUT2D eigenvalue weighted by Gasteiger charge is -2.27. The van der Waals surface area contributed by atoms with E-state index in [-0.39, 0.29) is 30.4 Å². The van der Waals surface area contributed by atoms with Gasteiger partial charge in [0.05, 0.1) is 31.0 Å². The lowest BCUT2D eigenvalue weighted by molar-refractivity contribution is -0.153. The van der Waals surface area contributed by atoms with Gasteiger partial charge in [-0.05, 0) is 63.8 Å². The zero-order valence-electron chi connectivity index (χ0n) is 20.5. The second-order valence-electron chi connectivity index (χ2n) is 8.37. The van der Waals surface area contributed by atoms with Crippen LogP contribution in [0.1, 0.15) is 54.5 Å². The van der Waals surface area contributed by atoms with Crippen molar-refractivity contribution >= 4 is 35.2 Å². The van der Waals surface area contributed by atoms with Crippen LogP contribution in [0.2, 0.25) is 5.02 Å². The van der Waals surface area contributed by atoms with E-state index in [2.05, 4.69) is 20.9 Å². The van der Waals surface area contributed by atoms with Crippen molar-refractivity contribution in [1.29, 1.82) is 0 Å². The Morgan fingerprint density at radius 2 is 1.89 bits per heavy atom. The molecular weight excluding hydrogens is 517 g/mol. The molecule has 0 unspecified atom stereocenters. The standard InChI is InChI=1S/C24H28ClF3N4O5/c1-4-36-23(34)30-16-8-6-15(7-9-16)29-22(31-18-12-14(25)5-10-19(18)35-3)32-21(33)17-11-13(2)37-20(17)24(26,27)28/h5,10-12,15-16H,4,6-9H2,1-3H3,(H,30,34)(H2,29,31,32,33). The number of hydrogen-bond acceptors (Lipinski definition) is 6. The number of carbonyl (C=O) groups is 2. The molecule has 1 aromatic heterocycles. The van der Waals surface area contributed by atoms with Crippen molar-refractivity contribution in [2.24, 2.45) is 4.99 Å². The van der Waals surface area contributed by atoms with E-state index in [4.69, 9.17) is 25.5 Å². The molecule has 0 bridgehead atoms. The highest BCUT2D eigenvalue weighted by atomic mass is 35.5. The molecule has 3 N–H and O–H groups in total. The number of guanidine groups is 1. The van der Waals surface area contributed by atoms with Crippen molar-refractivity contribution in [3.8, 4) is 5.75 Å². The summed E-state index contributed by atoms with van der Waals surface area (Å²) in [6.45, 7) is 3.30. The van der Waals surface area contributed by atoms with Crippen LogP contribution < -0.4 is 20.7 Å². The van der Waals surface area contributed by atoms with Gasteiger partial charge in [0.25, 0.3) is 5.91 Å². The average Bonchev–Trinajstić information content (AvgIpc) is 3.23. The van der Waals surface area contributed by atoms with E-state index < -0.39 is 29.5 Å². The van der Waals surface area contributed by atoms with Crippen LogP contribution in [0.15, 0.2) is 33.7 Å². The fourth-order valence-corrected chi connectivity index (χ4v) is 4.11. The summed E-state index contributed by atoms with van der Waals surface area (Å²) in [5.74, 6) is -2.21. The summed E-state index contributed by atoms with van der Waals surface area (Å²) in [5, 5.41) is 8.51. The number of amides is 2. The highest BCUT2D eigenvalue weighted by molar-refractivity contribution is 6.31. The largest absolute Gasteiger partial charge is 0.495 e. The Balaban J connectivity index is 1.83. The first-order chi connectivity index (χ1) is 17.5. The summed E-state index contributed by atoms with van der Waals surface area (Å²) in [6, 6.07) is 5.38. The van der Waals surface area contributed by atoms with Crippen molar-refractivity contribution in [3.05, 3.63) is 46.4 Å². The van der Waals surface area contributed by atoms with E-state index in [1.807, 2.05) is 0 Å². The molecule has 1 aliphatic carbocycles. The van der Waals surface area contributed by atoms with E-state index >= 15 is 0 Å². The number of furan rings is 1. The second-order valence-corrected chi connectivity index (χ2v) is 8.81. The zero-order chi connectivity index (χ0) is 27.2. The van der Waals surface area contributed by atoms with Gasteiger partial charge in [-0.15, -0.1) is 0 Å². The van der Waals surface area contributed by atoms with Crippen molar-refractivity contribution < 1.29 is 36.7 Å². The van der Waals surface area contributed by atoms with Crippen LogP contribution in [-0.2, 0) is 10.9 Å². The summed E-state index contributed by atoms with van der Waals surface area (Å²) in [5.41, 5.74) is -0.314. The summed E-state index contributed by atoms with van der Waals surface area (Å²) in [7, 11) is 1.44. The molecule has 1 aromatic carbocycles. The van der Waals surface area contributed by atoms with Crippen molar-refractivity contribution in [2.75, 3.05) is 19.0 Å². The Kier molecular flexibility index (Phi) is 9.30. The number of carbonyl (C=O) groups excluding carboxylic acids is 2. The third-order valence-corrected chi connectivity index (χ3v) is 5.84. The molecule has 0 aliphatic heterocycles. The number of nitrogens with one attached hydrogen (secondary N) is 3. The Morgan fingerprint density at radius 1 is 1.19 bits per heavy atom. The van der Waals surface area contributed by atoms with Gasteiger partial charge in [-0.25, -0.2) is 9.79 Å². The third-order valence-electron chi connectivity index (χ3n) is 5.61. The van der Waals surface area contributed by atoms with Crippen molar-refractivity contribution in [3.63, 3.8) is 0 Å². The Bertz CT molecular complexity index is 1140. The first-order valence-corrected chi connectivity index (χ1v) is 12.0. The second kappa shape index (κ2) is 12.2. The summed E-state index contributed by atoms with van der Waals surface area (Å²) in [4.78, 5) is 29.2. The molecule has 1 fully saturated rings. The molecule has 1 heterocycles. The smallest absolute Gasteiger partial charge is 0.450 e. The topological polar surface area (TPSA) is 114 Å². The highest BCUT2D eigenvalue weighted by Crippen LogP contribution is 2.34. The van der Waals surface area contributed by atoms with Crippen LogP contribution in [0, 0.1) is 6.92 Å². The Labute approximate surface area is 216 Å². The van der Waals surface area contributed by atoms with Crippen LogP contribution >= 0.6 is 11.6 Å². The molecular formula is C24H28ClF3N4O5. The number of halogens is 4. The van der Waals surface area contributed by atoms with Gasteiger partial charge in [-0.2, -0.15) is 13.2 Å². The highest BCUT2D eigenvalue weighted by Gasteiger charge is 2.40. The molecule has 3 rings (SSSR count). The summed E-state index contributed by atoms with van der Waals surface area (Å²) < 4.78 is 55.2. The molecule has 1 saturated carbocycles. The molecule has 37 heavy (non-hydrogen) atoms. The van der Waals surface area contributed by atoms with Gasteiger partial charge in [-0.1, -0.05) is 11.6 Å². The van der Waals surface area contributed by atoms with Gasteiger partial charge < -0.3 is 24.5 Å². The molecule has 0 spiro atoms. The molecule has 0 saturated heterocycles. The van der Waals surface area contributed by atoms with Crippen molar-refractivity contribution in [2.45, 2.75) is 57.8 Å². The SMILES string of the molecule is CCOC(=O)NC1CCC(N=C(NC(=O)c2cc(C)oc2C(F)(F)F)Nc2cc(Cl)ccc2OC)CC1. The molecule has 9 nitrogen and oxygen atoms in total. The van der Waals surface area contributed by atoms with Crippen LogP contribution in [0.25, 0.3) is 0 Å². The molecule has 1 aliphatic rings. The average molecular weight is 545 g/mol. The predicted octanol–water partition coefficient (Wildman–Crippen LogP) is 5.52. The zero-order valence-corrected chi connectivity index (χ0v) is 21.3. The number of rotatable bonds is 6. The van der Waals surface area contributed by atoms with Crippen LogP contribution in [-0.4, -0.2) is 43.8 Å². The first-order valence-electron chi connectivity index (χ1n) is 11.6. The number of anilines is 1. The maximum Gasteiger partial charge on any atom is 0.450 e. The van der Waals surface area contributed by atoms with Gasteiger partial charge in [0, 0.05) is 11.1 Å². The van der Waals surface area contributed by atoms with E-state index in [0.29, 0.717) is 42.1 Å². The number of nitrogens with zero attached hydrogens (tertiary/aromatic N) is 1. The lowest BCUT2D eigenvalue weighted by atomic mass is 9.92. The fourth-order valence-electron chi connectivity index (χ4n) is 3.94. The monoisotopic (exact) mass is 544 g/mol. The number of alkyl halides is 3. The minimum absolute atomic E-state index is 0.0622. The van der Waals surface area contributed by atoms with Crippen LogP contribution in [0.4, 0.5) is 23.7 Å². The van der Waals surface area contributed by atoms with Crippen molar-refractivity contribution in [1.82, 2.24) is 10.6 Å². The van der Waals surface area contributed by atoms with E-state index in [9.17, 15) is 22.8 Å². The van der Waals surface area contributed by atoms with Crippen LogP contribution in [0.3, 0.4) is 0 Å². The summed E-state index contributed by atoms with van der Waals surface area (Å²) >= 11 is 6.10. The Hall–Kier alpha value is -3.41. The quantitative estimate of drug-likeness (QED) is 0.326. The van der Waals surface area contributed by atoms with Gasteiger partial charge in [0.1, 0.15) is 11.5 Å². The molecule has 202 valence electrons. The Morgan fingerprint density at radius 3 is 2.51 bits per heavy atom. The number of aryl methyl sites for hydroxylation is 1. The number of hydrogen-bond donors (Lipinski definition) is 3. The number of methoxy groups -OCH3 is 1. The maximum absolute atomic E-state index is 13.4. The molecule has 0 radical (unpaired) electrons. The van der Waals surface area contributed by atoms with E-state index in [0.717, 1.165) is 6.07 Å². The number of alkyl carbamates (subject to hydrolysis) is 1. The molecule has 0 atom stereocenters. The van der Waals surface area contributed by atoms with Gasteiger partial charge in [-0.3, -0.25) is 10.1 Å². The van der Waals surface area contributed by atoms with E-state index in [1.54, 1.807) is 19.1 Å². The maximum atomic E-state index is 13.4. The predicted molar refractivity (Wildman–Crippen MR) is 131 cm³/mol. The van der Waals surface area contributed by atoms with Gasteiger partial charge in [0.15, 0.2) is 0 Å². The van der Waals surface area contributed by atoms with Crippen LogP contribution in [0.5, 0.6) is 5.75 Å².